The van der Waals surface area contributed by atoms with Gasteiger partial charge in [0, 0.05) is 13.0 Å². The summed E-state index contributed by atoms with van der Waals surface area (Å²) in [7, 11) is 0. The lowest BCUT2D eigenvalue weighted by Gasteiger charge is -2.15. The lowest BCUT2D eigenvalue weighted by atomic mass is 10.1. The summed E-state index contributed by atoms with van der Waals surface area (Å²) in [6.07, 6.45) is -5.33. The first-order valence-electron chi connectivity index (χ1n) is 5.68. The van der Waals surface area contributed by atoms with Gasteiger partial charge < -0.3 is 15.5 Å². The molecule has 9 heteroatoms. The molecule has 0 aliphatic carbocycles. The van der Waals surface area contributed by atoms with Crippen LogP contribution in [0.3, 0.4) is 0 Å². The third kappa shape index (κ3) is 4.15. The van der Waals surface area contributed by atoms with Gasteiger partial charge >= 0.3 is 12.1 Å². The molecule has 0 radical (unpaired) electrons. The number of benzene rings is 1. The van der Waals surface area contributed by atoms with Gasteiger partial charge in [0.05, 0.1) is 11.1 Å². The van der Waals surface area contributed by atoms with Crippen molar-refractivity contribution >= 4 is 11.9 Å². The minimum atomic E-state index is -4.97. The van der Waals surface area contributed by atoms with Crippen LogP contribution in [0, 0.1) is 5.82 Å². The molecule has 1 atom stereocenters. The minimum Gasteiger partial charge on any atom is -0.480 e. The summed E-state index contributed by atoms with van der Waals surface area (Å²) in [5.41, 5.74) is -2.54. The van der Waals surface area contributed by atoms with Gasteiger partial charge in [-0.05, 0) is 12.1 Å². The van der Waals surface area contributed by atoms with Crippen LogP contribution in [0.15, 0.2) is 18.2 Å². The van der Waals surface area contributed by atoms with Crippen molar-refractivity contribution in [3.8, 4) is 0 Å². The number of carbonyl (C=O) groups is 2. The number of aliphatic hydroxyl groups is 1. The molecule has 21 heavy (non-hydrogen) atoms. The molecule has 0 saturated heterocycles. The lowest BCUT2D eigenvalue weighted by molar-refractivity contribution is -0.140. The molecule has 0 aliphatic heterocycles. The molecule has 0 aliphatic rings. The quantitative estimate of drug-likeness (QED) is 0.718. The van der Waals surface area contributed by atoms with E-state index in [-0.39, 0.29) is 6.42 Å². The largest absolute Gasteiger partial charge is 0.480 e. The predicted molar refractivity (Wildman–Crippen MR) is 62.0 cm³/mol. The standard InChI is InChI=1S/C12H11F4NO4/c13-9-6(2-1-3-7(9)12(14,15)16)10(19)17-8(4-5-18)11(20)21/h1-3,8,18H,4-5H2,(H,17,19)(H,20,21)/t8-/m0/s1. The summed E-state index contributed by atoms with van der Waals surface area (Å²) in [6, 6.07) is 0.575. The molecule has 0 saturated carbocycles. The number of hydrogen-bond donors (Lipinski definition) is 3. The fourth-order valence-corrected chi connectivity index (χ4v) is 1.55. The van der Waals surface area contributed by atoms with E-state index >= 15 is 0 Å². The summed E-state index contributed by atoms with van der Waals surface area (Å²) < 4.78 is 51.2. The molecule has 0 unspecified atom stereocenters. The molecular weight excluding hydrogens is 298 g/mol. The van der Waals surface area contributed by atoms with Crippen LogP contribution in [-0.2, 0) is 11.0 Å². The zero-order chi connectivity index (χ0) is 16.2. The number of rotatable bonds is 5. The first-order chi connectivity index (χ1) is 9.68. The monoisotopic (exact) mass is 309 g/mol. The Hall–Kier alpha value is -2.16. The fourth-order valence-electron chi connectivity index (χ4n) is 1.55. The highest BCUT2D eigenvalue weighted by molar-refractivity contribution is 5.97. The third-order valence-corrected chi connectivity index (χ3v) is 2.57. The van der Waals surface area contributed by atoms with Gasteiger partial charge in [-0.25, -0.2) is 9.18 Å². The van der Waals surface area contributed by atoms with Crippen molar-refractivity contribution in [3.05, 3.63) is 35.1 Å². The van der Waals surface area contributed by atoms with Crippen molar-refractivity contribution in [3.63, 3.8) is 0 Å². The number of hydrogen-bond acceptors (Lipinski definition) is 3. The number of carbonyl (C=O) groups excluding carboxylic acids is 1. The molecule has 1 aromatic carbocycles. The first kappa shape index (κ1) is 16.9. The van der Waals surface area contributed by atoms with Crippen molar-refractivity contribution in [1.82, 2.24) is 5.32 Å². The van der Waals surface area contributed by atoms with Crippen molar-refractivity contribution in [2.45, 2.75) is 18.6 Å². The van der Waals surface area contributed by atoms with Crippen LogP contribution in [0.5, 0.6) is 0 Å². The Morgan fingerprint density at radius 1 is 1.29 bits per heavy atom. The highest BCUT2D eigenvalue weighted by atomic mass is 19.4. The van der Waals surface area contributed by atoms with Gasteiger partial charge in [0.2, 0.25) is 0 Å². The Kier molecular flexibility index (Phi) is 5.25. The third-order valence-electron chi connectivity index (χ3n) is 2.57. The molecular formula is C12H11F4NO4. The Morgan fingerprint density at radius 3 is 2.38 bits per heavy atom. The molecule has 5 nitrogen and oxygen atoms in total. The second-order valence-corrected chi connectivity index (χ2v) is 4.04. The van der Waals surface area contributed by atoms with Gasteiger partial charge in [0.25, 0.3) is 5.91 Å². The van der Waals surface area contributed by atoms with E-state index in [0.29, 0.717) is 6.07 Å². The topological polar surface area (TPSA) is 86.6 Å². The number of carboxylic acid groups (broad SMARTS) is 1. The number of nitrogens with one attached hydrogen (secondary N) is 1. The Bertz CT molecular complexity index is 545. The second kappa shape index (κ2) is 6.53. The average molecular weight is 309 g/mol. The summed E-state index contributed by atoms with van der Waals surface area (Å²) in [4.78, 5) is 22.4. The zero-order valence-corrected chi connectivity index (χ0v) is 10.4. The summed E-state index contributed by atoms with van der Waals surface area (Å²) in [6.45, 7) is -0.567. The Balaban J connectivity index is 3.06. The van der Waals surface area contributed by atoms with Crippen LogP contribution < -0.4 is 5.32 Å². The highest BCUT2D eigenvalue weighted by Crippen LogP contribution is 2.32. The maximum absolute atomic E-state index is 13.7. The van der Waals surface area contributed by atoms with E-state index in [1.165, 1.54) is 0 Å². The van der Waals surface area contributed by atoms with Gasteiger partial charge in [-0.1, -0.05) is 6.07 Å². The molecule has 116 valence electrons. The van der Waals surface area contributed by atoms with Gasteiger partial charge in [-0.15, -0.1) is 0 Å². The molecule has 0 spiro atoms. The molecule has 0 heterocycles. The molecule has 1 rings (SSSR count). The van der Waals surface area contributed by atoms with E-state index in [4.69, 9.17) is 10.2 Å². The molecule has 1 amide bonds. The predicted octanol–water partition coefficient (Wildman–Crippen LogP) is 1.41. The van der Waals surface area contributed by atoms with Crippen molar-refractivity contribution in [1.29, 1.82) is 0 Å². The van der Waals surface area contributed by atoms with Crippen LogP contribution in [0.1, 0.15) is 22.3 Å². The summed E-state index contributed by atoms with van der Waals surface area (Å²) in [5.74, 6) is -4.58. The van der Waals surface area contributed by atoms with Gasteiger partial charge in [0.15, 0.2) is 0 Å². The molecule has 1 aromatic rings. The van der Waals surface area contributed by atoms with Gasteiger partial charge in [0.1, 0.15) is 11.9 Å². The molecule has 0 fully saturated rings. The second-order valence-electron chi connectivity index (χ2n) is 4.04. The van der Waals surface area contributed by atoms with Crippen LogP contribution in [0.25, 0.3) is 0 Å². The average Bonchev–Trinajstić information content (AvgIpc) is 2.36. The van der Waals surface area contributed by atoms with E-state index in [1.54, 1.807) is 0 Å². The Morgan fingerprint density at radius 2 is 1.90 bits per heavy atom. The summed E-state index contributed by atoms with van der Waals surface area (Å²) >= 11 is 0. The molecule has 0 aromatic heterocycles. The number of halogens is 4. The van der Waals surface area contributed by atoms with Crippen LogP contribution in [0.2, 0.25) is 0 Å². The number of aliphatic carboxylic acids is 1. The van der Waals surface area contributed by atoms with Crippen LogP contribution in [0.4, 0.5) is 17.6 Å². The maximum atomic E-state index is 13.7. The first-order valence-corrected chi connectivity index (χ1v) is 5.68. The van der Waals surface area contributed by atoms with Crippen molar-refractivity contribution < 1.29 is 37.4 Å². The Labute approximate surface area is 116 Å². The van der Waals surface area contributed by atoms with Gasteiger partial charge in [-0.2, -0.15) is 13.2 Å². The SMILES string of the molecule is O=C(N[C@@H](CCO)C(=O)O)c1cccc(C(F)(F)F)c1F. The van der Waals surface area contributed by atoms with E-state index < -0.39 is 47.6 Å². The van der Waals surface area contributed by atoms with Crippen molar-refractivity contribution in [2.24, 2.45) is 0 Å². The highest BCUT2D eigenvalue weighted by Gasteiger charge is 2.36. The van der Waals surface area contributed by atoms with E-state index in [1.807, 2.05) is 5.32 Å². The number of aliphatic hydroxyl groups excluding tert-OH is 1. The number of amides is 1. The molecule has 3 N–H and O–H groups in total. The number of alkyl halides is 3. The van der Waals surface area contributed by atoms with Crippen LogP contribution >= 0.6 is 0 Å². The maximum Gasteiger partial charge on any atom is 0.419 e. The molecule has 0 bridgehead atoms. The lowest BCUT2D eigenvalue weighted by Crippen LogP contribution is -2.41. The fraction of sp³-hybridized carbons (Fsp3) is 0.333. The minimum absolute atomic E-state index is 0.359. The van der Waals surface area contributed by atoms with E-state index in [2.05, 4.69) is 0 Å². The summed E-state index contributed by atoms with van der Waals surface area (Å²) in [5, 5.41) is 19.2. The normalized spacial score (nSPS) is 12.8. The smallest absolute Gasteiger partial charge is 0.419 e. The zero-order valence-electron chi connectivity index (χ0n) is 10.4. The van der Waals surface area contributed by atoms with Gasteiger partial charge in [-0.3, -0.25) is 4.79 Å². The van der Waals surface area contributed by atoms with Crippen molar-refractivity contribution in [2.75, 3.05) is 6.61 Å². The number of carboxylic acids is 1. The van der Waals surface area contributed by atoms with Crippen LogP contribution in [-0.4, -0.2) is 34.7 Å². The van der Waals surface area contributed by atoms with E-state index in [0.717, 1.165) is 12.1 Å². The van der Waals surface area contributed by atoms with E-state index in [9.17, 15) is 27.2 Å².